The fourth-order valence-electron chi connectivity index (χ4n) is 4.89. The standard InChI is InChI=1S/C27H30O17/c28-6-14-17(33)20(36)22(38)26(42-14)40-7-15-18(34)21(37)23(39)27(43-15)44-25-19(35)16-12(32)4-9(29)5-13(16)41-24(25)8-1-2-10(30)11(31)3-8/h1-5,14-15,17-18,20-23,26-34,36-39H,6-7H2/t14-,15+,17-,18+,20+,21-,22+,23+,26+,27-/m0/s1. The summed E-state index contributed by atoms with van der Waals surface area (Å²) in [4.78, 5) is 13.6. The van der Waals surface area contributed by atoms with Crippen LogP contribution in [-0.2, 0) is 14.2 Å². The summed E-state index contributed by atoms with van der Waals surface area (Å²) >= 11 is 0. The van der Waals surface area contributed by atoms with E-state index < -0.39 is 120 Å². The van der Waals surface area contributed by atoms with E-state index in [0.29, 0.717) is 0 Å². The molecule has 2 aliphatic rings. The number of hydrogen-bond acceptors (Lipinski definition) is 17. The molecule has 10 atom stereocenters. The van der Waals surface area contributed by atoms with Gasteiger partial charge >= 0.3 is 0 Å². The van der Waals surface area contributed by atoms with Gasteiger partial charge in [0, 0.05) is 17.7 Å². The smallest absolute Gasteiger partial charge is 0.239 e. The Kier molecular flexibility index (Phi) is 8.87. The Labute approximate surface area is 246 Å². The Bertz CT molecular complexity index is 1560. The van der Waals surface area contributed by atoms with E-state index in [2.05, 4.69) is 0 Å². The minimum atomic E-state index is -2.00. The highest BCUT2D eigenvalue weighted by molar-refractivity contribution is 5.88. The number of aliphatic hydroxyl groups is 7. The lowest BCUT2D eigenvalue weighted by Gasteiger charge is -2.42. The minimum absolute atomic E-state index is 0.0504. The summed E-state index contributed by atoms with van der Waals surface area (Å²) in [6, 6.07) is 5.17. The molecule has 17 nitrogen and oxygen atoms in total. The van der Waals surface area contributed by atoms with Gasteiger partial charge in [-0.3, -0.25) is 4.79 Å². The summed E-state index contributed by atoms with van der Waals surface area (Å²) in [6.45, 7) is -1.42. The molecular weight excluding hydrogens is 596 g/mol. The van der Waals surface area contributed by atoms with E-state index >= 15 is 0 Å². The van der Waals surface area contributed by atoms with Gasteiger partial charge in [0.2, 0.25) is 17.5 Å². The zero-order chi connectivity index (χ0) is 32.0. The third-order valence-electron chi connectivity index (χ3n) is 7.33. The fraction of sp³-hybridized carbons (Fsp3) is 0.444. The molecule has 11 N–H and O–H groups in total. The first kappa shape index (κ1) is 31.7. The molecule has 0 saturated carbocycles. The maximum absolute atomic E-state index is 13.6. The van der Waals surface area contributed by atoms with Crippen molar-refractivity contribution in [1.82, 2.24) is 0 Å². The maximum atomic E-state index is 13.6. The molecule has 2 saturated heterocycles. The maximum Gasteiger partial charge on any atom is 0.239 e. The lowest BCUT2D eigenvalue weighted by molar-refractivity contribution is -0.323. The second-order valence-electron chi connectivity index (χ2n) is 10.3. The van der Waals surface area contributed by atoms with Crippen molar-refractivity contribution in [2.24, 2.45) is 0 Å². The summed E-state index contributed by atoms with van der Waals surface area (Å²) in [7, 11) is 0. The number of rotatable bonds is 7. The van der Waals surface area contributed by atoms with E-state index in [1.54, 1.807) is 0 Å². The van der Waals surface area contributed by atoms with E-state index in [1.807, 2.05) is 0 Å². The van der Waals surface area contributed by atoms with Crippen molar-refractivity contribution in [3.8, 4) is 40.1 Å². The highest BCUT2D eigenvalue weighted by Gasteiger charge is 2.48. The normalized spacial score (nSPS) is 32.5. The Morgan fingerprint density at radius 1 is 0.705 bits per heavy atom. The monoisotopic (exact) mass is 626 g/mol. The average molecular weight is 627 g/mol. The number of hydrogen-bond donors (Lipinski definition) is 11. The van der Waals surface area contributed by atoms with Gasteiger partial charge in [0.05, 0.1) is 13.2 Å². The molecule has 44 heavy (non-hydrogen) atoms. The van der Waals surface area contributed by atoms with E-state index in [9.17, 15) is 61.0 Å². The molecule has 2 aromatic carbocycles. The van der Waals surface area contributed by atoms with E-state index in [0.717, 1.165) is 24.3 Å². The predicted molar refractivity (Wildman–Crippen MR) is 142 cm³/mol. The van der Waals surface area contributed by atoms with E-state index in [4.69, 9.17) is 23.4 Å². The molecule has 2 aliphatic heterocycles. The number of ether oxygens (including phenoxy) is 4. The van der Waals surface area contributed by atoms with Gasteiger partial charge in [0.1, 0.15) is 71.3 Å². The van der Waals surface area contributed by atoms with Crippen LogP contribution >= 0.6 is 0 Å². The van der Waals surface area contributed by atoms with Crippen LogP contribution in [0.5, 0.6) is 28.7 Å². The molecule has 17 heteroatoms. The first-order valence-corrected chi connectivity index (χ1v) is 13.2. The van der Waals surface area contributed by atoms with Crippen LogP contribution in [0, 0.1) is 0 Å². The minimum Gasteiger partial charge on any atom is -0.508 e. The van der Waals surface area contributed by atoms with Crippen LogP contribution in [0.3, 0.4) is 0 Å². The topological polar surface area (TPSA) is 290 Å². The van der Waals surface area contributed by atoms with Gasteiger partial charge in [-0.05, 0) is 18.2 Å². The van der Waals surface area contributed by atoms with Crippen molar-refractivity contribution in [3.05, 3.63) is 40.6 Å². The summed E-state index contributed by atoms with van der Waals surface area (Å²) < 4.78 is 27.6. The van der Waals surface area contributed by atoms with Gasteiger partial charge in [-0.1, -0.05) is 0 Å². The number of benzene rings is 2. The van der Waals surface area contributed by atoms with Gasteiger partial charge in [-0.2, -0.15) is 0 Å². The Morgan fingerprint density at radius 2 is 1.34 bits per heavy atom. The van der Waals surface area contributed by atoms with Crippen molar-refractivity contribution in [3.63, 3.8) is 0 Å². The zero-order valence-corrected chi connectivity index (χ0v) is 22.4. The van der Waals surface area contributed by atoms with Crippen LogP contribution in [-0.4, -0.2) is 131 Å². The number of phenolic OH excluding ortho intramolecular Hbond substituents is 4. The van der Waals surface area contributed by atoms with Crippen LogP contribution in [0.15, 0.2) is 39.5 Å². The van der Waals surface area contributed by atoms with E-state index in [1.165, 1.54) is 6.07 Å². The molecule has 0 radical (unpaired) electrons. The molecule has 0 amide bonds. The first-order valence-electron chi connectivity index (χ1n) is 13.2. The molecule has 0 unspecified atom stereocenters. The predicted octanol–water partition coefficient (Wildman–Crippen LogP) is -2.71. The molecule has 0 spiro atoms. The molecule has 5 rings (SSSR count). The van der Waals surface area contributed by atoms with Crippen molar-refractivity contribution >= 4 is 11.0 Å². The molecule has 0 aliphatic carbocycles. The average Bonchev–Trinajstić information content (AvgIpc) is 2.98. The Hall–Kier alpha value is -3.75. The molecule has 3 heterocycles. The van der Waals surface area contributed by atoms with Crippen LogP contribution in [0.2, 0.25) is 0 Å². The van der Waals surface area contributed by atoms with Gasteiger partial charge in [0.25, 0.3) is 0 Å². The van der Waals surface area contributed by atoms with Crippen molar-refractivity contribution in [2.45, 2.75) is 61.4 Å². The highest BCUT2D eigenvalue weighted by atomic mass is 16.7. The zero-order valence-electron chi connectivity index (χ0n) is 22.4. The van der Waals surface area contributed by atoms with Crippen molar-refractivity contribution in [2.75, 3.05) is 13.2 Å². The summed E-state index contributed by atoms with van der Waals surface area (Å²) in [6.07, 6.45) is -17.4. The Morgan fingerprint density at radius 3 is 2.00 bits per heavy atom. The summed E-state index contributed by atoms with van der Waals surface area (Å²) in [5.74, 6) is -3.44. The van der Waals surface area contributed by atoms with Gasteiger partial charge in [-0.25, -0.2) is 0 Å². The lowest BCUT2D eigenvalue weighted by Crippen LogP contribution is -2.62. The molecule has 240 valence electrons. The number of fused-ring (bicyclic) bond motifs is 1. The van der Waals surface area contributed by atoms with Crippen LogP contribution in [0.1, 0.15) is 0 Å². The first-order chi connectivity index (χ1) is 20.8. The lowest BCUT2D eigenvalue weighted by atomic mass is 9.98. The van der Waals surface area contributed by atoms with Gasteiger partial charge in [0.15, 0.2) is 23.5 Å². The van der Waals surface area contributed by atoms with Gasteiger partial charge < -0.3 is 79.5 Å². The third-order valence-corrected chi connectivity index (χ3v) is 7.33. The van der Waals surface area contributed by atoms with Crippen LogP contribution in [0.25, 0.3) is 22.3 Å². The number of aliphatic hydroxyl groups excluding tert-OH is 7. The van der Waals surface area contributed by atoms with Crippen LogP contribution in [0.4, 0.5) is 0 Å². The SMILES string of the molecule is O=c1c(O[C@@H]2O[C@H](CO[C@@H]3O[C@@H](CO)[C@H](O)[C@@H](O)[C@H]3O)[C@@H](O)[C@H](O)[C@H]2O)c(-c2ccc(O)c(O)c2)oc2cc(O)cc(O)c12. The largest absolute Gasteiger partial charge is 0.508 e. The molecule has 2 fully saturated rings. The van der Waals surface area contributed by atoms with Gasteiger partial charge in [-0.15, -0.1) is 0 Å². The number of aromatic hydroxyl groups is 4. The third kappa shape index (κ3) is 5.73. The van der Waals surface area contributed by atoms with Crippen molar-refractivity contribution in [1.29, 1.82) is 0 Å². The van der Waals surface area contributed by atoms with E-state index in [-0.39, 0.29) is 11.1 Å². The molecule has 1 aromatic heterocycles. The summed E-state index contributed by atoms with van der Waals surface area (Å²) in [5, 5.41) is 111. The highest BCUT2D eigenvalue weighted by Crippen LogP contribution is 2.39. The number of phenols is 4. The Balaban J connectivity index is 1.47. The summed E-state index contributed by atoms with van der Waals surface area (Å²) in [5.41, 5.74) is -1.41. The molecule has 0 bridgehead atoms. The quantitative estimate of drug-likeness (QED) is 0.119. The van der Waals surface area contributed by atoms with Crippen LogP contribution < -0.4 is 10.2 Å². The molecule has 3 aromatic rings. The van der Waals surface area contributed by atoms with Crippen molar-refractivity contribution < 1.29 is 79.5 Å². The molecular formula is C27H30O17. The fourth-order valence-corrected chi connectivity index (χ4v) is 4.89. The second-order valence-corrected chi connectivity index (χ2v) is 10.3. The second kappa shape index (κ2) is 12.3.